The van der Waals surface area contributed by atoms with E-state index in [9.17, 15) is 4.79 Å². The summed E-state index contributed by atoms with van der Waals surface area (Å²) >= 11 is 5.01. The molecule has 0 aliphatic rings. The number of nitrogens with zero attached hydrogens (tertiary/aromatic N) is 6. The van der Waals surface area contributed by atoms with Crippen LogP contribution in [0.4, 0.5) is 0 Å². The smallest absolute Gasteiger partial charge is 0.206 e. The number of tetrazole rings is 1. The minimum absolute atomic E-state index is 0.0274. The van der Waals surface area contributed by atoms with Gasteiger partial charge in [0.15, 0.2) is 10.9 Å². The fourth-order valence-electron chi connectivity index (χ4n) is 2.94. The van der Waals surface area contributed by atoms with Crippen molar-refractivity contribution in [2.45, 2.75) is 20.4 Å². The SMILES string of the molecule is Cc1cc(C(=O)Cn2nnc(-c3ccccc3Br)n2)c(C)n1-c1nccs1. The second-order valence-electron chi connectivity index (χ2n) is 5.98. The first-order valence-electron chi connectivity index (χ1n) is 8.19. The first-order valence-corrected chi connectivity index (χ1v) is 9.86. The summed E-state index contributed by atoms with van der Waals surface area (Å²) in [6.45, 7) is 3.91. The molecular formula is C18H15BrN6OS. The van der Waals surface area contributed by atoms with Crippen molar-refractivity contribution in [1.82, 2.24) is 29.8 Å². The van der Waals surface area contributed by atoms with E-state index in [1.54, 1.807) is 6.20 Å². The van der Waals surface area contributed by atoms with Gasteiger partial charge in [0.1, 0.15) is 6.54 Å². The van der Waals surface area contributed by atoms with Crippen molar-refractivity contribution >= 4 is 33.0 Å². The normalized spacial score (nSPS) is 11.1. The van der Waals surface area contributed by atoms with Gasteiger partial charge in [-0.05, 0) is 37.3 Å². The number of hydrogen-bond donors (Lipinski definition) is 0. The number of halogens is 1. The predicted molar refractivity (Wildman–Crippen MR) is 106 cm³/mol. The van der Waals surface area contributed by atoms with Gasteiger partial charge >= 0.3 is 0 Å². The lowest BCUT2D eigenvalue weighted by Gasteiger charge is -2.05. The first kappa shape index (κ1) is 17.7. The molecule has 0 saturated carbocycles. The first-order chi connectivity index (χ1) is 13.0. The summed E-state index contributed by atoms with van der Waals surface area (Å²) < 4.78 is 2.86. The van der Waals surface area contributed by atoms with Crippen LogP contribution < -0.4 is 0 Å². The van der Waals surface area contributed by atoms with Crippen LogP contribution >= 0.6 is 27.3 Å². The highest BCUT2D eigenvalue weighted by Crippen LogP contribution is 2.25. The number of aromatic nitrogens is 6. The number of rotatable bonds is 5. The van der Waals surface area contributed by atoms with Gasteiger partial charge in [0.25, 0.3) is 0 Å². The maximum absolute atomic E-state index is 12.8. The van der Waals surface area contributed by atoms with E-state index in [-0.39, 0.29) is 12.3 Å². The van der Waals surface area contributed by atoms with Crippen LogP contribution in [0.2, 0.25) is 0 Å². The Labute approximate surface area is 167 Å². The van der Waals surface area contributed by atoms with Gasteiger partial charge in [-0.25, -0.2) is 4.98 Å². The summed E-state index contributed by atoms with van der Waals surface area (Å²) in [5.41, 5.74) is 3.30. The molecule has 0 aliphatic heterocycles. The number of thiazole rings is 1. The molecule has 0 radical (unpaired) electrons. The second kappa shape index (κ2) is 7.16. The molecule has 0 saturated heterocycles. The van der Waals surface area contributed by atoms with Gasteiger partial charge in [-0.3, -0.25) is 9.36 Å². The molecule has 4 aromatic rings. The van der Waals surface area contributed by atoms with E-state index in [1.807, 2.05) is 54.1 Å². The lowest BCUT2D eigenvalue weighted by atomic mass is 10.1. The van der Waals surface area contributed by atoms with E-state index in [4.69, 9.17) is 0 Å². The fraction of sp³-hybridized carbons (Fsp3) is 0.167. The van der Waals surface area contributed by atoms with E-state index in [0.717, 1.165) is 26.6 Å². The van der Waals surface area contributed by atoms with E-state index in [1.165, 1.54) is 16.1 Å². The summed E-state index contributed by atoms with van der Waals surface area (Å²) in [6.07, 6.45) is 1.75. The van der Waals surface area contributed by atoms with Crippen molar-refractivity contribution in [3.8, 4) is 16.5 Å². The monoisotopic (exact) mass is 442 g/mol. The molecule has 0 fully saturated rings. The highest BCUT2D eigenvalue weighted by atomic mass is 79.9. The van der Waals surface area contributed by atoms with Gasteiger partial charge in [0, 0.05) is 38.6 Å². The number of carbonyl (C=O) groups is 1. The number of benzene rings is 1. The molecule has 0 amide bonds. The average molecular weight is 443 g/mol. The quantitative estimate of drug-likeness (QED) is 0.438. The number of carbonyl (C=O) groups excluding carboxylic acids is 1. The van der Waals surface area contributed by atoms with Crippen molar-refractivity contribution in [3.63, 3.8) is 0 Å². The predicted octanol–water partition coefficient (Wildman–Crippen LogP) is 3.85. The van der Waals surface area contributed by atoms with Crippen LogP contribution in [0.5, 0.6) is 0 Å². The number of ketones is 1. The van der Waals surface area contributed by atoms with E-state index in [2.05, 4.69) is 36.3 Å². The van der Waals surface area contributed by atoms with Crippen molar-refractivity contribution in [1.29, 1.82) is 0 Å². The van der Waals surface area contributed by atoms with Crippen LogP contribution in [0.3, 0.4) is 0 Å². The highest BCUT2D eigenvalue weighted by Gasteiger charge is 2.19. The Morgan fingerprint density at radius 1 is 1.26 bits per heavy atom. The molecule has 3 heterocycles. The van der Waals surface area contributed by atoms with Crippen LogP contribution in [0, 0.1) is 13.8 Å². The van der Waals surface area contributed by atoms with E-state index >= 15 is 0 Å². The van der Waals surface area contributed by atoms with Gasteiger partial charge in [0.2, 0.25) is 5.82 Å². The van der Waals surface area contributed by atoms with Crippen molar-refractivity contribution in [2.75, 3.05) is 0 Å². The molecule has 0 aliphatic carbocycles. The van der Waals surface area contributed by atoms with E-state index in [0.29, 0.717) is 11.4 Å². The number of Topliss-reactive ketones (excluding diaryl/α,β-unsaturated/α-hetero) is 1. The van der Waals surface area contributed by atoms with Crippen LogP contribution in [0.15, 0.2) is 46.4 Å². The fourth-order valence-corrected chi connectivity index (χ4v) is 4.15. The van der Waals surface area contributed by atoms with Crippen molar-refractivity contribution in [3.05, 3.63) is 63.3 Å². The van der Waals surface area contributed by atoms with Gasteiger partial charge in [0.05, 0.1) is 0 Å². The molecule has 3 aromatic heterocycles. The standard InChI is InChI=1S/C18H15BrN6OS/c1-11-9-14(12(2)25(11)18-20-7-8-27-18)16(26)10-24-22-17(21-23-24)13-5-3-4-6-15(13)19/h3-9H,10H2,1-2H3. The zero-order valence-corrected chi connectivity index (χ0v) is 17.0. The number of aryl methyl sites for hydroxylation is 1. The van der Waals surface area contributed by atoms with Crippen molar-refractivity contribution in [2.24, 2.45) is 0 Å². The van der Waals surface area contributed by atoms with Gasteiger partial charge < -0.3 is 0 Å². The summed E-state index contributed by atoms with van der Waals surface area (Å²) in [6, 6.07) is 9.51. The summed E-state index contributed by atoms with van der Waals surface area (Å²) in [5, 5.41) is 15.2. The second-order valence-corrected chi connectivity index (χ2v) is 7.71. The molecule has 0 bridgehead atoms. The van der Waals surface area contributed by atoms with Gasteiger partial charge in [-0.2, -0.15) is 4.80 Å². The molecule has 7 nitrogen and oxygen atoms in total. The topological polar surface area (TPSA) is 78.5 Å². The lowest BCUT2D eigenvalue weighted by molar-refractivity contribution is 0.0961. The Morgan fingerprint density at radius 2 is 2.07 bits per heavy atom. The highest BCUT2D eigenvalue weighted by molar-refractivity contribution is 9.10. The molecule has 0 spiro atoms. The maximum Gasteiger partial charge on any atom is 0.206 e. The lowest BCUT2D eigenvalue weighted by Crippen LogP contribution is -2.14. The molecule has 4 rings (SSSR count). The summed E-state index contributed by atoms with van der Waals surface area (Å²) in [7, 11) is 0. The Morgan fingerprint density at radius 3 is 2.81 bits per heavy atom. The van der Waals surface area contributed by atoms with Crippen molar-refractivity contribution < 1.29 is 4.79 Å². The van der Waals surface area contributed by atoms with Crippen LogP contribution in [-0.4, -0.2) is 35.5 Å². The van der Waals surface area contributed by atoms with Crippen LogP contribution in [0.25, 0.3) is 16.5 Å². The molecule has 0 N–H and O–H groups in total. The molecular weight excluding hydrogens is 428 g/mol. The third-order valence-electron chi connectivity index (χ3n) is 4.19. The summed E-state index contributed by atoms with van der Waals surface area (Å²) in [4.78, 5) is 18.5. The van der Waals surface area contributed by atoms with Gasteiger partial charge in [-0.1, -0.05) is 28.1 Å². The molecule has 0 unspecified atom stereocenters. The third-order valence-corrected chi connectivity index (χ3v) is 5.64. The van der Waals surface area contributed by atoms with E-state index < -0.39 is 0 Å². The Hall–Kier alpha value is -2.65. The Kier molecular flexibility index (Phi) is 4.71. The zero-order valence-electron chi connectivity index (χ0n) is 14.6. The molecule has 1 aromatic carbocycles. The van der Waals surface area contributed by atoms with Crippen LogP contribution in [-0.2, 0) is 6.54 Å². The zero-order chi connectivity index (χ0) is 19.0. The molecule has 27 heavy (non-hydrogen) atoms. The Balaban J connectivity index is 1.59. The number of hydrogen-bond acceptors (Lipinski definition) is 6. The minimum Gasteiger partial charge on any atom is -0.294 e. The largest absolute Gasteiger partial charge is 0.294 e. The van der Waals surface area contributed by atoms with Crippen LogP contribution in [0.1, 0.15) is 21.7 Å². The Bertz CT molecular complexity index is 1120. The molecule has 0 atom stereocenters. The molecule has 9 heteroatoms. The minimum atomic E-state index is -0.0676. The third kappa shape index (κ3) is 3.35. The van der Waals surface area contributed by atoms with Gasteiger partial charge in [-0.15, -0.1) is 21.5 Å². The summed E-state index contributed by atoms with van der Waals surface area (Å²) in [5.74, 6) is 0.408. The molecule has 136 valence electrons. The average Bonchev–Trinajstić information content (AvgIpc) is 3.37. The maximum atomic E-state index is 12.8.